The van der Waals surface area contributed by atoms with E-state index in [9.17, 15) is 9.59 Å². The molecule has 4 N–H and O–H groups in total. The molecule has 2 atom stereocenters. The van der Waals surface area contributed by atoms with Crippen LogP contribution in [0.2, 0.25) is 0 Å². The van der Waals surface area contributed by atoms with Crippen LogP contribution in [0.15, 0.2) is 60.7 Å². The molecule has 170 valence electrons. The normalized spacial score (nSPS) is 19.3. The average molecular weight is 449 g/mol. The number of cyclic esters (lactones) is 2. The molecule has 2 aromatic rings. The van der Waals surface area contributed by atoms with Gasteiger partial charge in [0, 0.05) is 27.6 Å². The molecule has 0 aromatic heterocycles. The average Bonchev–Trinajstić information content (AvgIpc) is 3.37. The maximum Gasteiger partial charge on any atom is 0.407 e. The van der Waals surface area contributed by atoms with Crippen LogP contribution in [-0.2, 0) is 22.6 Å². The molecule has 2 amide bonds. The molecule has 0 aliphatic carbocycles. The van der Waals surface area contributed by atoms with E-state index < -0.39 is 0 Å². The number of benzene rings is 2. The van der Waals surface area contributed by atoms with Crippen LogP contribution in [0.1, 0.15) is 12.6 Å². The fourth-order valence-corrected chi connectivity index (χ4v) is 3.25. The van der Waals surface area contributed by atoms with Crippen LogP contribution >= 0.6 is 13.5 Å². The number of rotatable bonds is 7. The predicted molar refractivity (Wildman–Crippen MR) is 125 cm³/mol. The van der Waals surface area contributed by atoms with Crippen molar-refractivity contribution in [3.8, 4) is 0 Å². The van der Waals surface area contributed by atoms with Gasteiger partial charge in [0.1, 0.15) is 12.2 Å². The first-order valence-electron chi connectivity index (χ1n) is 10.0. The van der Waals surface area contributed by atoms with Gasteiger partial charge in [-0.1, -0.05) is 60.7 Å². The first-order valence-corrected chi connectivity index (χ1v) is 10.0. The molecule has 2 heterocycles. The van der Waals surface area contributed by atoms with Crippen molar-refractivity contribution in [1.82, 2.24) is 15.5 Å². The van der Waals surface area contributed by atoms with Gasteiger partial charge in [-0.15, -0.1) is 0 Å². The lowest BCUT2D eigenvalue weighted by Crippen LogP contribution is -2.33. The third-order valence-corrected chi connectivity index (χ3v) is 4.72. The van der Waals surface area contributed by atoms with Crippen LogP contribution < -0.4 is 16.4 Å². The number of nitrogens with two attached hydrogens (primary N) is 1. The van der Waals surface area contributed by atoms with Crippen molar-refractivity contribution in [2.24, 2.45) is 5.73 Å². The fraction of sp³-hybridized carbons (Fsp3) is 0.364. The minimum absolute atomic E-state index is 0. The lowest BCUT2D eigenvalue weighted by Gasteiger charge is -2.24. The second-order valence-electron chi connectivity index (χ2n) is 7.19. The highest BCUT2D eigenvalue weighted by Crippen LogP contribution is 2.13. The minimum atomic E-state index is -0.361. The Hall–Kier alpha value is -2.75. The molecule has 0 unspecified atom stereocenters. The van der Waals surface area contributed by atoms with E-state index in [2.05, 4.69) is 44.5 Å². The van der Waals surface area contributed by atoms with Crippen molar-refractivity contribution >= 4 is 25.7 Å². The first kappa shape index (κ1) is 24.5. The lowest BCUT2D eigenvalue weighted by molar-refractivity contribution is 0.103. The highest BCUT2D eigenvalue weighted by molar-refractivity contribution is 7.59. The lowest BCUT2D eigenvalue weighted by atomic mass is 10.1. The molecule has 0 saturated carbocycles. The summed E-state index contributed by atoms with van der Waals surface area (Å²) in [4.78, 5) is 23.7. The Bertz CT molecular complexity index is 775. The first-order chi connectivity index (χ1) is 14.6. The Balaban J connectivity index is 0.000000437. The highest BCUT2D eigenvalue weighted by Gasteiger charge is 2.25. The van der Waals surface area contributed by atoms with Gasteiger partial charge in [0.05, 0.1) is 13.1 Å². The van der Waals surface area contributed by atoms with Gasteiger partial charge in [0.15, 0.2) is 0 Å². The van der Waals surface area contributed by atoms with Crippen molar-refractivity contribution in [3.05, 3.63) is 71.8 Å². The topological polar surface area (TPSA) is 106 Å². The molecule has 2 aliphatic heterocycles. The Labute approximate surface area is 191 Å². The standard InChI is InChI=1S/C18H20N2O2.C4H8N2O2.H2S.H2/c21-18-19-11-17(22-18)14-20(12-15-7-3-1-4-8-15)13-16-9-5-2-6-10-16;5-1-3-2-6-4(7)8-3;;/h1-10,17H,11-14H2,(H,19,21);3H,1-2,5H2,(H,6,7);1H2;1H/t17-;3-;;/m01../s1. The summed E-state index contributed by atoms with van der Waals surface area (Å²) in [6.45, 7) is 3.93. The van der Waals surface area contributed by atoms with Crippen molar-refractivity contribution in [2.45, 2.75) is 25.3 Å². The SMILES string of the molecule is NC[C@@H]1CNC(=O)O1.O=C1NC[C@@H](CN(Cc2ccccc2)Cc2ccccc2)O1.S.[HH]. The summed E-state index contributed by atoms with van der Waals surface area (Å²) in [6.07, 6.45) is -0.868. The summed E-state index contributed by atoms with van der Waals surface area (Å²) in [5, 5.41) is 5.19. The zero-order chi connectivity index (χ0) is 21.2. The largest absolute Gasteiger partial charge is 0.443 e. The zero-order valence-corrected chi connectivity index (χ0v) is 18.3. The maximum absolute atomic E-state index is 11.2. The summed E-state index contributed by atoms with van der Waals surface area (Å²) in [7, 11) is 0. The van der Waals surface area contributed by atoms with Crippen LogP contribution in [-0.4, -0.2) is 55.5 Å². The van der Waals surface area contributed by atoms with E-state index in [1.54, 1.807) is 0 Å². The molecule has 4 rings (SSSR count). The highest BCUT2D eigenvalue weighted by atomic mass is 32.1. The zero-order valence-electron chi connectivity index (χ0n) is 17.3. The molecule has 2 aromatic carbocycles. The third-order valence-electron chi connectivity index (χ3n) is 4.72. The fourth-order valence-electron chi connectivity index (χ4n) is 3.25. The van der Waals surface area contributed by atoms with E-state index in [0.717, 1.165) is 19.6 Å². The molecule has 2 aliphatic rings. The number of alkyl carbamates (subject to hydrolysis) is 2. The number of nitrogens with zero attached hydrogens (tertiary/aromatic N) is 1. The summed E-state index contributed by atoms with van der Waals surface area (Å²) in [6, 6.07) is 20.7. The molecule has 2 saturated heterocycles. The van der Waals surface area contributed by atoms with Crippen LogP contribution in [0.3, 0.4) is 0 Å². The van der Waals surface area contributed by atoms with Crippen LogP contribution in [0.25, 0.3) is 0 Å². The van der Waals surface area contributed by atoms with Crippen molar-refractivity contribution in [2.75, 3.05) is 26.2 Å². The molecule has 31 heavy (non-hydrogen) atoms. The second kappa shape index (κ2) is 12.8. The van der Waals surface area contributed by atoms with E-state index >= 15 is 0 Å². The van der Waals surface area contributed by atoms with E-state index in [4.69, 9.17) is 10.5 Å². The van der Waals surface area contributed by atoms with Crippen LogP contribution in [0.4, 0.5) is 9.59 Å². The van der Waals surface area contributed by atoms with Gasteiger partial charge >= 0.3 is 12.2 Å². The quantitative estimate of drug-likeness (QED) is 0.600. The predicted octanol–water partition coefficient (Wildman–Crippen LogP) is 2.21. The number of hydrogen-bond acceptors (Lipinski definition) is 6. The van der Waals surface area contributed by atoms with Gasteiger partial charge in [0.25, 0.3) is 0 Å². The monoisotopic (exact) mass is 448 g/mol. The van der Waals surface area contributed by atoms with Gasteiger partial charge in [0.2, 0.25) is 0 Å². The van der Waals surface area contributed by atoms with Gasteiger partial charge in [-0.2, -0.15) is 13.5 Å². The molecule has 9 heteroatoms. The summed E-state index contributed by atoms with van der Waals surface area (Å²) in [5.41, 5.74) is 7.70. The molecule has 0 radical (unpaired) electrons. The van der Waals surface area contributed by atoms with Crippen molar-refractivity contribution < 1.29 is 20.5 Å². The number of ether oxygens (including phenoxy) is 2. The van der Waals surface area contributed by atoms with Crippen LogP contribution in [0.5, 0.6) is 0 Å². The number of carbonyl (C=O) groups is 2. The Kier molecular flexibility index (Phi) is 10.2. The summed E-state index contributed by atoms with van der Waals surface area (Å²) >= 11 is 0. The molecule has 8 nitrogen and oxygen atoms in total. The Morgan fingerprint density at radius 2 is 1.29 bits per heavy atom. The van der Waals surface area contributed by atoms with Crippen molar-refractivity contribution in [3.63, 3.8) is 0 Å². The number of nitrogens with one attached hydrogen (secondary N) is 2. The van der Waals surface area contributed by atoms with Crippen LogP contribution in [0, 0.1) is 0 Å². The van der Waals surface area contributed by atoms with Gasteiger partial charge in [-0.05, 0) is 11.1 Å². The van der Waals surface area contributed by atoms with Gasteiger partial charge in [-0.25, -0.2) is 9.59 Å². The number of carbonyl (C=O) groups excluding carboxylic acids is 2. The molecule has 0 spiro atoms. The van der Waals surface area contributed by atoms with E-state index in [1.807, 2.05) is 36.4 Å². The Morgan fingerprint density at radius 3 is 1.65 bits per heavy atom. The Morgan fingerprint density at radius 1 is 0.839 bits per heavy atom. The molecular formula is C22H32N4O4S. The smallest absolute Gasteiger partial charge is 0.407 e. The summed E-state index contributed by atoms with van der Waals surface area (Å²) < 4.78 is 9.91. The van der Waals surface area contributed by atoms with E-state index in [0.29, 0.717) is 19.6 Å². The number of amides is 2. The summed E-state index contributed by atoms with van der Waals surface area (Å²) in [5.74, 6) is 0. The van der Waals surface area contributed by atoms with Gasteiger partial charge < -0.3 is 25.8 Å². The van der Waals surface area contributed by atoms with Gasteiger partial charge in [-0.3, -0.25) is 4.90 Å². The molecule has 0 bridgehead atoms. The molecular weight excluding hydrogens is 416 g/mol. The minimum Gasteiger partial charge on any atom is -0.443 e. The second-order valence-corrected chi connectivity index (χ2v) is 7.19. The van der Waals surface area contributed by atoms with E-state index in [-0.39, 0.29) is 39.3 Å². The molecule has 2 fully saturated rings. The third kappa shape index (κ3) is 8.49. The number of hydrogen-bond donors (Lipinski definition) is 3. The van der Waals surface area contributed by atoms with Crippen molar-refractivity contribution in [1.29, 1.82) is 0 Å². The van der Waals surface area contributed by atoms with E-state index in [1.165, 1.54) is 11.1 Å². The maximum atomic E-state index is 11.2.